The van der Waals surface area contributed by atoms with E-state index in [1.165, 1.54) is 0 Å². The molecule has 1 aliphatic carbocycles. The number of benzene rings is 1. The summed E-state index contributed by atoms with van der Waals surface area (Å²) >= 11 is 0. The highest BCUT2D eigenvalue weighted by atomic mass is 32.2. The van der Waals surface area contributed by atoms with Crippen molar-refractivity contribution in [1.29, 1.82) is 0 Å². The van der Waals surface area contributed by atoms with Gasteiger partial charge < -0.3 is 14.7 Å². The van der Waals surface area contributed by atoms with Crippen LogP contribution in [0.1, 0.15) is 57.6 Å². The van der Waals surface area contributed by atoms with Crippen LogP contribution in [0.4, 0.5) is 5.69 Å². The van der Waals surface area contributed by atoms with E-state index in [9.17, 15) is 18.3 Å². The third-order valence-corrected chi connectivity index (χ3v) is 6.79. The highest BCUT2D eigenvalue weighted by Gasteiger charge is 2.32. The lowest BCUT2D eigenvalue weighted by atomic mass is 9.92. The summed E-state index contributed by atoms with van der Waals surface area (Å²) < 4.78 is 33.4. The Morgan fingerprint density at radius 1 is 1.24 bits per heavy atom. The Bertz CT molecular complexity index is 888. The van der Waals surface area contributed by atoms with E-state index in [0.717, 1.165) is 5.57 Å². The van der Waals surface area contributed by atoms with Gasteiger partial charge in [0.2, 0.25) is 10.0 Å². The van der Waals surface area contributed by atoms with Crippen molar-refractivity contribution in [2.75, 3.05) is 17.5 Å². The number of para-hydroxylation sites is 1. The van der Waals surface area contributed by atoms with Crippen LogP contribution >= 0.6 is 0 Å². The predicted octanol–water partition coefficient (Wildman–Crippen LogP) is 2.98. The number of ketones is 1. The molecule has 0 spiro atoms. The molecule has 0 aromatic heterocycles. The fourth-order valence-electron chi connectivity index (χ4n) is 4.01. The van der Waals surface area contributed by atoms with Crippen molar-refractivity contribution in [3.8, 4) is 5.75 Å². The van der Waals surface area contributed by atoms with Crippen molar-refractivity contribution in [2.24, 2.45) is 0 Å². The number of nitrogens with one attached hydrogen (secondary N) is 1. The predicted molar refractivity (Wildman–Crippen MR) is 112 cm³/mol. The summed E-state index contributed by atoms with van der Waals surface area (Å²) in [5.41, 5.74) is 1.99. The number of aliphatic hydroxyl groups excluding tert-OH is 1. The van der Waals surface area contributed by atoms with Gasteiger partial charge in [-0.15, -0.1) is 0 Å². The highest BCUT2D eigenvalue weighted by molar-refractivity contribution is 7.92. The summed E-state index contributed by atoms with van der Waals surface area (Å²) in [4.78, 5) is 14.7. The first kappa shape index (κ1) is 21.6. The van der Waals surface area contributed by atoms with Crippen LogP contribution in [0.5, 0.6) is 5.75 Å². The molecule has 1 aliphatic heterocycles. The number of Topliss-reactive ketones (excluding diaryl/α,β-unsaturated/α-hetero) is 1. The Hall–Kier alpha value is -2.06. The number of hydrogen-bond donors (Lipinski definition) is 2. The van der Waals surface area contributed by atoms with Gasteiger partial charge in [-0.1, -0.05) is 12.1 Å². The van der Waals surface area contributed by atoms with E-state index in [2.05, 4.69) is 4.72 Å². The molecule has 0 radical (unpaired) electrons. The maximum absolute atomic E-state index is 12.8. The number of carbonyl (C=O) groups is 1. The average molecular weight is 423 g/mol. The van der Waals surface area contributed by atoms with Gasteiger partial charge >= 0.3 is 0 Å². The number of sulfonamides is 1. The van der Waals surface area contributed by atoms with E-state index in [0.29, 0.717) is 49.1 Å². The van der Waals surface area contributed by atoms with Crippen molar-refractivity contribution in [1.82, 2.24) is 4.90 Å². The number of hydrogen-bond acceptors (Lipinski definition) is 6. The first-order chi connectivity index (χ1) is 13.7. The monoisotopic (exact) mass is 422 g/mol. The maximum atomic E-state index is 12.8. The second-order valence-electron chi connectivity index (χ2n) is 7.96. The van der Waals surface area contributed by atoms with Gasteiger partial charge in [-0.3, -0.25) is 9.52 Å². The van der Waals surface area contributed by atoms with E-state index in [1.54, 1.807) is 19.1 Å². The van der Waals surface area contributed by atoms with E-state index in [4.69, 9.17) is 4.74 Å². The number of rotatable bonds is 6. The van der Waals surface area contributed by atoms with Crippen LogP contribution in [-0.2, 0) is 14.8 Å². The number of aliphatic hydroxyl groups is 1. The van der Waals surface area contributed by atoms with Crippen LogP contribution in [0.25, 0.3) is 0 Å². The molecule has 0 amide bonds. The fraction of sp³-hybridized carbons (Fsp3) is 0.571. The van der Waals surface area contributed by atoms with Crippen molar-refractivity contribution in [3.05, 3.63) is 35.5 Å². The largest absolute Gasteiger partial charge is 0.488 e. The fourth-order valence-corrected chi connectivity index (χ4v) is 4.65. The van der Waals surface area contributed by atoms with Gasteiger partial charge in [0.1, 0.15) is 11.8 Å². The molecule has 1 aromatic carbocycles. The summed E-state index contributed by atoms with van der Waals surface area (Å²) in [6.07, 6.45) is 4.50. The Morgan fingerprint density at radius 2 is 1.93 bits per heavy atom. The van der Waals surface area contributed by atoms with Crippen LogP contribution < -0.4 is 9.46 Å². The molecule has 0 bridgehead atoms. The second-order valence-corrected chi connectivity index (χ2v) is 9.98. The summed E-state index contributed by atoms with van der Waals surface area (Å²) in [5, 5.41) is 9.78. The molecule has 1 unspecified atom stereocenters. The maximum Gasteiger partial charge on any atom is 0.232 e. The molecule has 2 N–H and O–H groups in total. The topological polar surface area (TPSA) is 95.9 Å². The minimum atomic E-state index is -3.51. The van der Waals surface area contributed by atoms with Crippen LogP contribution in [-0.4, -0.2) is 49.2 Å². The minimum absolute atomic E-state index is 0.0481. The Kier molecular flexibility index (Phi) is 6.53. The minimum Gasteiger partial charge on any atom is -0.488 e. The molecule has 1 saturated carbocycles. The van der Waals surface area contributed by atoms with Crippen molar-refractivity contribution >= 4 is 21.5 Å². The highest BCUT2D eigenvalue weighted by Crippen LogP contribution is 2.40. The second kappa shape index (κ2) is 8.75. The van der Waals surface area contributed by atoms with E-state index < -0.39 is 16.1 Å². The SMILES string of the molecule is CCS(=O)(=O)Nc1cccc(C2C(=O)CC(C)=CN2C)c1OC1CCC(O)CC1. The van der Waals surface area contributed by atoms with Gasteiger partial charge in [0.25, 0.3) is 0 Å². The van der Waals surface area contributed by atoms with Crippen molar-refractivity contribution < 1.29 is 23.1 Å². The number of anilines is 1. The normalized spacial score (nSPS) is 25.5. The van der Waals surface area contributed by atoms with Gasteiger partial charge in [-0.25, -0.2) is 8.42 Å². The summed E-state index contributed by atoms with van der Waals surface area (Å²) in [5.74, 6) is 0.396. The number of allylic oxidation sites excluding steroid dienone is 1. The lowest BCUT2D eigenvalue weighted by Gasteiger charge is -2.34. The van der Waals surface area contributed by atoms with Crippen LogP contribution in [0, 0.1) is 0 Å². The summed E-state index contributed by atoms with van der Waals surface area (Å²) in [7, 11) is -1.67. The first-order valence-electron chi connectivity index (χ1n) is 10.1. The number of ether oxygens (including phenoxy) is 1. The number of carbonyl (C=O) groups excluding carboxylic acids is 1. The molecule has 8 heteroatoms. The van der Waals surface area contributed by atoms with Crippen molar-refractivity contribution in [2.45, 2.75) is 64.2 Å². The summed E-state index contributed by atoms with van der Waals surface area (Å²) in [6, 6.07) is 4.70. The van der Waals surface area contributed by atoms with Gasteiger partial charge in [0.05, 0.1) is 23.6 Å². The standard InChI is InChI=1S/C21H30N2O5S/c1-4-29(26,27)22-18-7-5-6-17(20-19(25)12-14(2)13-23(20)3)21(18)28-16-10-8-15(24)9-11-16/h5-7,13,15-16,20,22,24H,4,8-12H2,1-3H3. The lowest BCUT2D eigenvalue weighted by Crippen LogP contribution is -2.33. The molecule has 1 aromatic rings. The van der Waals surface area contributed by atoms with Gasteiger partial charge in [0, 0.05) is 19.0 Å². The smallest absolute Gasteiger partial charge is 0.232 e. The molecule has 0 saturated heterocycles. The number of nitrogens with zero attached hydrogens (tertiary/aromatic N) is 1. The van der Waals surface area contributed by atoms with Gasteiger partial charge in [0.15, 0.2) is 5.78 Å². The Balaban J connectivity index is 2.02. The average Bonchev–Trinajstić information content (AvgIpc) is 2.64. The van der Waals surface area contributed by atoms with Gasteiger partial charge in [-0.05, 0) is 57.4 Å². The Labute approximate surface area is 172 Å². The number of likely N-dealkylation sites (N-methyl/N-ethyl adjacent to an activating group) is 1. The zero-order chi connectivity index (χ0) is 21.2. The lowest BCUT2D eigenvalue weighted by molar-refractivity contribution is -0.123. The molecular weight excluding hydrogens is 392 g/mol. The molecule has 3 rings (SSSR count). The third-order valence-electron chi connectivity index (χ3n) is 5.50. The molecule has 29 heavy (non-hydrogen) atoms. The molecular formula is C21H30N2O5S. The van der Waals surface area contributed by atoms with E-state index in [1.807, 2.05) is 31.1 Å². The molecule has 1 heterocycles. The first-order valence-corrected chi connectivity index (χ1v) is 11.8. The van der Waals surface area contributed by atoms with E-state index in [-0.39, 0.29) is 23.7 Å². The molecule has 160 valence electrons. The molecule has 1 fully saturated rings. The van der Waals surface area contributed by atoms with Gasteiger partial charge in [-0.2, -0.15) is 0 Å². The van der Waals surface area contributed by atoms with Crippen LogP contribution in [0.2, 0.25) is 0 Å². The zero-order valence-electron chi connectivity index (χ0n) is 17.2. The van der Waals surface area contributed by atoms with Crippen LogP contribution in [0.3, 0.4) is 0 Å². The van der Waals surface area contributed by atoms with Crippen LogP contribution in [0.15, 0.2) is 30.0 Å². The zero-order valence-corrected chi connectivity index (χ0v) is 18.0. The van der Waals surface area contributed by atoms with Crippen molar-refractivity contribution in [3.63, 3.8) is 0 Å². The third kappa shape index (κ3) is 5.11. The molecule has 1 atom stereocenters. The quantitative estimate of drug-likeness (QED) is 0.732. The molecule has 2 aliphatic rings. The Morgan fingerprint density at radius 3 is 2.55 bits per heavy atom. The molecule has 7 nitrogen and oxygen atoms in total. The summed E-state index contributed by atoms with van der Waals surface area (Å²) in [6.45, 7) is 3.49. The van der Waals surface area contributed by atoms with E-state index >= 15 is 0 Å².